The van der Waals surface area contributed by atoms with E-state index in [1.165, 1.54) is 23.1 Å². The SMILES string of the molecule is COc1ccc(-c2nsc(C)c2C(=O)NC(=NCc2cc(Cl)c(N)c(I)c2)NC(=O)OC(C)(C)C)cc1.[C-]#[N+]c1cc(CN=C(N)NC(=O)c2c(-c3ccc(OC)cc3)nsc2C)cc(Cl)c1N. The van der Waals surface area contributed by atoms with Gasteiger partial charge >= 0.3 is 6.09 Å². The van der Waals surface area contributed by atoms with Crippen LogP contribution in [0.5, 0.6) is 11.5 Å². The van der Waals surface area contributed by atoms with E-state index in [1.807, 2.05) is 37.3 Å². The van der Waals surface area contributed by atoms with Crippen molar-refractivity contribution in [3.8, 4) is 34.0 Å². The number of nitrogens with two attached hydrogens (primary N) is 3. The predicted octanol–water partition coefficient (Wildman–Crippen LogP) is 9.94. The number of carbonyl (C=O) groups is 3. The lowest BCUT2D eigenvalue weighted by Gasteiger charge is -2.20. The van der Waals surface area contributed by atoms with Gasteiger partial charge in [-0.25, -0.2) is 19.6 Å². The van der Waals surface area contributed by atoms with E-state index in [0.29, 0.717) is 55.2 Å². The molecule has 6 rings (SSSR count). The number of aliphatic imine (C=N–C) groups is 2. The highest BCUT2D eigenvalue weighted by molar-refractivity contribution is 14.1. The van der Waals surface area contributed by atoms with Gasteiger partial charge in [-0.05, 0) is 164 Å². The molecule has 2 heterocycles. The Kier molecular flexibility index (Phi) is 18.1. The Morgan fingerprint density at radius 3 is 1.69 bits per heavy atom. The zero-order chi connectivity index (χ0) is 49.9. The molecule has 0 spiro atoms. The molecule has 0 aliphatic rings. The van der Waals surface area contributed by atoms with Gasteiger partial charge in [0.2, 0.25) is 11.6 Å². The van der Waals surface area contributed by atoms with Crippen molar-refractivity contribution in [2.24, 2.45) is 15.7 Å². The summed E-state index contributed by atoms with van der Waals surface area (Å²) in [7, 11) is 3.17. The molecule has 0 bridgehead atoms. The third kappa shape index (κ3) is 14.0. The summed E-state index contributed by atoms with van der Waals surface area (Å²) in [6.45, 7) is 16.2. The van der Waals surface area contributed by atoms with Gasteiger partial charge < -0.3 is 31.4 Å². The van der Waals surface area contributed by atoms with E-state index in [1.54, 1.807) is 84.4 Å². The zero-order valence-corrected chi connectivity index (χ0v) is 43.0. The summed E-state index contributed by atoms with van der Waals surface area (Å²) < 4.78 is 25.4. The third-order valence-corrected chi connectivity index (χ3v) is 12.3. The Balaban J connectivity index is 0.000000258. The number of hydrogen-bond acceptors (Lipinski definition) is 14. The fourth-order valence-electron chi connectivity index (χ4n) is 5.99. The van der Waals surface area contributed by atoms with Gasteiger partial charge in [0.25, 0.3) is 11.8 Å². The van der Waals surface area contributed by atoms with Gasteiger partial charge in [-0.3, -0.25) is 25.5 Å². The van der Waals surface area contributed by atoms with Crippen molar-refractivity contribution >= 4 is 116 Å². The van der Waals surface area contributed by atoms with Crippen LogP contribution in [-0.4, -0.2) is 58.4 Å². The molecule has 0 radical (unpaired) electrons. The van der Waals surface area contributed by atoms with Crippen LogP contribution in [0.15, 0.2) is 82.8 Å². The highest BCUT2D eigenvalue weighted by Gasteiger charge is 2.24. The molecule has 0 saturated heterocycles. The summed E-state index contributed by atoms with van der Waals surface area (Å²) in [6.07, 6.45) is -0.757. The number of carbonyl (C=O) groups excluding carboxylic acids is 3. The molecule has 354 valence electrons. The number of amides is 3. The highest BCUT2D eigenvalue weighted by Crippen LogP contribution is 2.33. The van der Waals surface area contributed by atoms with E-state index in [9.17, 15) is 14.4 Å². The monoisotopic (exact) mass is 1110 g/mol. The molecule has 4 aromatic carbocycles. The van der Waals surface area contributed by atoms with Crippen molar-refractivity contribution in [3.05, 3.63) is 130 Å². The molecular formula is C46H46Cl2IN11O6S2. The molecule has 0 fully saturated rings. The molecule has 0 aliphatic heterocycles. The fraction of sp³-hybridized carbons (Fsp3) is 0.217. The average molecular weight is 1110 g/mol. The molecule has 6 aromatic rings. The maximum absolute atomic E-state index is 13.4. The Morgan fingerprint density at radius 2 is 1.22 bits per heavy atom. The van der Waals surface area contributed by atoms with Gasteiger partial charge in [0.1, 0.15) is 17.1 Å². The molecule has 68 heavy (non-hydrogen) atoms. The minimum atomic E-state index is -0.757. The largest absolute Gasteiger partial charge is 0.497 e. The summed E-state index contributed by atoms with van der Waals surface area (Å²) in [5, 5.41) is 8.49. The molecule has 0 unspecified atom stereocenters. The van der Waals surface area contributed by atoms with Crippen LogP contribution in [0.25, 0.3) is 27.4 Å². The van der Waals surface area contributed by atoms with E-state index in [4.69, 9.17) is 61.2 Å². The number of rotatable bonds is 10. The Hall–Kier alpha value is -6.51. The quantitative estimate of drug-likeness (QED) is 0.0248. The first-order valence-electron chi connectivity index (χ1n) is 20.1. The van der Waals surface area contributed by atoms with Gasteiger partial charge in [-0.2, -0.15) is 8.75 Å². The van der Waals surface area contributed by atoms with Gasteiger partial charge in [0, 0.05) is 24.5 Å². The predicted molar refractivity (Wildman–Crippen MR) is 279 cm³/mol. The van der Waals surface area contributed by atoms with E-state index in [-0.39, 0.29) is 41.4 Å². The van der Waals surface area contributed by atoms with Crippen LogP contribution < -0.4 is 42.6 Å². The van der Waals surface area contributed by atoms with Crippen molar-refractivity contribution < 1.29 is 28.6 Å². The van der Waals surface area contributed by atoms with Crippen LogP contribution >= 0.6 is 68.9 Å². The molecule has 0 saturated carbocycles. The number of alkyl carbamates (subject to hydrolysis) is 1. The molecule has 22 heteroatoms. The first-order valence-corrected chi connectivity index (χ1v) is 23.5. The number of halogens is 3. The summed E-state index contributed by atoms with van der Waals surface area (Å²) in [5.41, 5.74) is 22.6. The van der Waals surface area contributed by atoms with Crippen LogP contribution in [0.3, 0.4) is 0 Å². The van der Waals surface area contributed by atoms with Gasteiger partial charge in [-0.1, -0.05) is 23.2 Å². The maximum Gasteiger partial charge on any atom is 0.414 e. The Morgan fingerprint density at radius 1 is 0.750 bits per heavy atom. The highest BCUT2D eigenvalue weighted by atomic mass is 127. The van der Waals surface area contributed by atoms with E-state index >= 15 is 0 Å². The average Bonchev–Trinajstić information content (AvgIpc) is 3.89. The number of anilines is 2. The number of ether oxygens (including phenoxy) is 3. The lowest BCUT2D eigenvalue weighted by Crippen LogP contribution is -2.46. The van der Waals surface area contributed by atoms with Crippen LogP contribution in [0.4, 0.5) is 21.9 Å². The second kappa shape index (κ2) is 23.5. The van der Waals surface area contributed by atoms with E-state index < -0.39 is 23.5 Å². The van der Waals surface area contributed by atoms with Crippen LogP contribution in [0.2, 0.25) is 10.0 Å². The van der Waals surface area contributed by atoms with Crippen LogP contribution in [0, 0.1) is 24.0 Å². The maximum atomic E-state index is 13.4. The Labute approximate surface area is 424 Å². The van der Waals surface area contributed by atoms with Crippen LogP contribution in [0.1, 0.15) is 62.4 Å². The topological polar surface area (TPSA) is 248 Å². The summed E-state index contributed by atoms with van der Waals surface area (Å²) in [4.78, 5) is 52.1. The van der Waals surface area contributed by atoms with Gasteiger partial charge in [0.05, 0.1) is 77.8 Å². The minimum Gasteiger partial charge on any atom is -0.497 e. The summed E-state index contributed by atoms with van der Waals surface area (Å²) >= 11 is 16.8. The van der Waals surface area contributed by atoms with Crippen molar-refractivity contribution in [2.45, 2.75) is 53.3 Å². The molecule has 0 aliphatic carbocycles. The fourth-order valence-corrected chi connectivity index (χ4v) is 8.73. The van der Waals surface area contributed by atoms with E-state index in [2.05, 4.69) is 62.1 Å². The van der Waals surface area contributed by atoms with Gasteiger partial charge in [0.15, 0.2) is 5.96 Å². The summed E-state index contributed by atoms with van der Waals surface area (Å²) in [6, 6.07) is 21.2. The summed E-state index contributed by atoms with van der Waals surface area (Å²) in [5.74, 6) is 0.381. The van der Waals surface area contributed by atoms with Crippen molar-refractivity contribution in [1.29, 1.82) is 0 Å². The standard InChI is InChI=1S/C25H27ClIN5O4S.C21H19ClN6O2S/c1-13-19(21(32-37-13)15-6-8-16(35-5)9-7-15)22(33)30-23(31-24(34)36-25(2,3)4)29-12-14-10-17(26)20(28)18(27)11-14;1-11-17(19(28-31-11)13-4-6-14(30-3)7-5-13)20(29)27-21(24)26-10-12-8-15(22)18(23)16(9-12)25-2/h6-11H,12,28H2,1-5H3,(H2,29,30,31,33,34);4-9H,10,23H2,1,3H3,(H3,24,26,27,29). The van der Waals surface area contributed by atoms with Gasteiger partial charge in [-0.15, -0.1) is 0 Å². The lowest BCUT2D eigenvalue weighted by molar-refractivity contribution is 0.0561. The smallest absolute Gasteiger partial charge is 0.414 e. The van der Waals surface area contributed by atoms with E-state index in [0.717, 1.165) is 25.1 Å². The molecule has 0 atom stereocenters. The molecule has 9 N–H and O–H groups in total. The van der Waals surface area contributed by atoms with Crippen molar-refractivity contribution in [1.82, 2.24) is 24.7 Å². The normalized spacial score (nSPS) is 11.4. The minimum absolute atomic E-state index is 0.0615. The molecule has 17 nitrogen and oxygen atoms in total. The first kappa shape index (κ1) is 52.5. The molecule has 2 aromatic heterocycles. The molecule has 3 amide bonds. The first-order chi connectivity index (χ1) is 32.2. The third-order valence-electron chi connectivity index (χ3n) is 9.28. The number of aromatic nitrogens is 2. The number of nitrogen functional groups attached to an aromatic ring is 2. The number of nitrogens with one attached hydrogen (secondary N) is 3. The number of nitrogens with zero attached hydrogens (tertiary/aromatic N) is 5. The van der Waals surface area contributed by atoms with Crippen molar-refractivity contribution in [3.63, 3.8) is 0 Å². The number of methoxy groups -OCH3 is 2. The second-order valence-corrected chi connectivity index (χ2v) is 19.3. The zero-order valence-electron chi connectivity index (χ0n) is 37.7. The number of guanidine groups is 2. The van der Waals surface area contributed by atoms with Crippen molar-refractivity contribution in [2.75, 3.05) is 25.7 Å². The van der Waals surface area contributed by atoms with Crippen LogP contribution in [-0.2, 0) is 17.8 Å². The number of benzene rings is 4. The number of hydrogen-bond donors (Lipinski definition) is 6. The number of aryl methyl sites for hydroxylation is 2. The molecular weight excluding hydrogens is 1060 g/mol. The second-order valence-electron chi connectivity index (χ2n) is 15.4. The lowest BCUT2D eigenvalue weighted by atomic mass is 10.1. The Bertz CT molecular complexity index is 2910.